The van der Waals surface area contributed by atoms with Crippen LogP contribution in [0.25, 0.3) is 0 Å². The molecule has 1 aromatic rings. The van der Waals surface area contributed by atoms with Gasteiger partial charge in [0.2, 0.25) is 5.91 Å². The Bertz CT molecular complexity index is 1470. The van der Waals surface area contributed by atoms with Gasteiger partial charge in [0.25, 0.3) is 0 Å². The number of hydrogen-bond donors (Lipinski definition) is 1. The number of ether oxygens (including phenoxy) is 1. The number of allylic oxidation sites excluding steroid dienone is 4. The molecular weight excluding hydrogens is 645 g/mol. The summed E-state index contributed by atoms with van der Waals surface area (Å²) in [4.78, 5) is 29.1. The number of carbonyl (C=O) groups excluding carboxylic acids is 2. The van der Waals surface area contributed by atoms with Crippen LogP contribution >= 0.6 is 0 Å². The van der Waals surface area contributed by atoms with E-state index in [1.165, 1.54) is 12.1 Å². The summed E-state index contributed by atoms with van der Waals surface area (Å²) < 4.78 is 123. The van der Waals surface area contributed by atoms with E-state index in [0.717, 1.165) is 23.3 Å². The molecule has 2 heterocycles. The van der Waals surface area contributed by atoms with E-state index in [0.29, 0.717) is 45.1 Å². The van der Waals surface area contributed by atoms with Crippen molar-refractivity contribution in [1.82, 2.24) is 15.1 Å². The molecule has 0 bridgehead atoms. The lowest BCUT2D eigenvalue weighted by Crippen LogP contribution is -2.46. The van der Waals surface area contributed by atoms with Gasteiger partial charge in [0.15, 0.2) is 0 Å². The number of rotatable bonds is 7. The van der Waals surface area contributed by atoms with Crippen LogP contribution in [0.4, 0.5) is 44.3 Å². The number of piperidine rings is 1. The Morgan fingerprint density at radius 2 is 1.62 bits per heavy atom. The zero-order chi connectivity index (χ0) is 34.2. The Hall–Kier alpha value is -3.75. The number of halogens is 9. The third-order valence-electron chi connectivity index (χ3n) is 8.84. The van der Waals surface area contributed by atoms with Crippen LogP contribution in [-0.4, -0.2) is 72.5 Å². The third kappa shape index (κ3) is 8.59. The number of nitrogens with zero attached hydrogens (tertiary/aromatic N) is 2. The first-order valence-electron chi connectivity index (χ1n) is 15.0. The van der Waals surface area contributed by atoms with E-state index in [2.05, 4.69) is 10.2 Å². The van der Waals surface area contributed by atoms with Crippen molar-refractivity contribution in [2.24, 2.45) is 11.8 Å². The molecule has 15 heteroatoms. The molecule has 1 N–H and O–H groups in total. The number of nitrogens with one attached hydrogen (secondary N) is 1. The third-order valence-corrected chi connectivity index (χ3v) is 8.84. The zero-order valence-electron chi connectivity index (χ0n) is 24.9. The van der Waals surface area contributed by atoms with Crippen LogP contribution in [0.1, 0.15) is 36.8 Å². The fourth-order valence-corrected chi connectivity index (χ4v) is 6.21. The summed E-state index contributed by atoms with van der Waals surface area (Å²) in [6.07, 6.45) is -8.31. The second-order valence-corrected chi connectivity index (χ2v) is 12.4. The first-order valence-corrected chi connectivity index (χ1v) is 15.0. The highest BCUT2D eigenvalue weighted by atomic mass is 19.4. The van der Waals surface area contributed by atoms with Gasteiger partial charge in [-0.15, -0.1) is 0 Å². The molecule has 2 atom stereocenters. The van der Waals surface area contributed by atoms with Gasteiger partial charge in [-0.3, -0.25) is 14.6 Å². The molecule has 4 aliphatic rings. The molecule has 47 heavy (non-hydrogen) atoms. The molecule has 1 spiro atoms. The molecule has 2 fully saturated rings. The number of amides is 2. The molecule has 6 nitrogen and oxygen atoms in total. The molecule has 0 saturated carbocycles. The predicted molar refractivity (Wildman–Crippen MR) is 151 cm³/mol. The minimum atomic E-state index is -4.95. The monoisotopic (exact) mass is 677 g/mol. The number of carbonyl (C=O) groups is 2. The number of alkyl halides is 9. The molecule has 2 aliphatic carbocycles. The maximum absolute atomic E-state index is 13.2. The number of benzene rings is 1. The Balaban J connectivity index is 1.07. The first kappa shape index (κ1) is 34.6. The normalized spacial score (nSPS) is 23.7. The summed E-state index contributed by atoms with van der Waals surface area (Å²) in [6, 6.07) is 5.02. The van der Waals surface area contributed by atoms with E-state index in [1.807, 2.05) is 0 Å². The number of hydrogen-bond acceptors (Lipinski definition) is 4. The number of likely N-dealkylation sites (tertiary alicyclic amines) is 1. The predicted octanol–water partition coefficient (Wildman–Crippen LogP) is 7.11. The summed E-state index contributed by atoms with van der Waals surface area (Å²) in [5, 5.41) is 2.47. The minimum Gasteiger partial charge on any atom is -0.441 e. The van der Waals surface area contributed by atoms with Gasteiger partial charge in [0, 0.05) is 51.1 Å². The van der Waals surface area contributed by atoms with Gasteiger partial charge in [-0.2, -0.15) is 39.5 Å². The van der Waals surface area contributed by atoms with E-state index in [-0.39, 0.29) is 19.0 Å². The molecule has 256 valence electrons. The van der Waals surface area contributed by atoms with Gasteiger partial charge in [-0.05, 0) is 48.1 Å². The lowest BCUT2D eigenvalue weighted by atomic mass is 9.89. The summed E-state index contributed by atoms with van der Waals surface area (Å²) in [5.41, 5.74) is -2.60. The van der Waals surface area contributed by atoms with Crippen LogP contribution in [0.3, 0.4) is 0 Å². The zero-order valence-corrected chi connectivity index (χ0v) is 24.9. The Kier molecular flexibility index (Phi) is 9.59. The van der Waals surface area contributed by atoms with Crippen molar-refractivity contribution in [1.29, 1.82) is 0 Å². The van der Waals surface area contributed by atoms with Crippen molar-refractivity contribution in [2.75, 3.05) is 32.7 Å². The molecule has 2 saturated heterocycles. The summed E-state index contributed by atoms with van der Waals surface area (Å²) in [6.45, 7) is 1.82. The maximum Gasteiger partial charge on any atom is 0.416 e. The topological polar surface area (TPSA) is 61.9 Å². The van der Waals surface area contributed by atoms with Crippen molar-refractivity contribution in [2.45, 2.75) is 56.4 Å². The van der Waals surface area contributed by atoms with Crippen LogP contribution in [0.5, 0.6) is 0 Å². The van der Waals surface area contributed by atoms with Crippen LogP contribution in [-0.2, 0) is 22.3 Å². The smallest absolute Gasteiger partial charge is 0.416 e. The summed E-state index contributed by atoms with van der Waals surface area (Å²) in [7, 11) is 0. The molecule has 0 radical (unpaired) electrons. The molecule has 1 aromatic carbocycles. The van der Waals surface area contributed by atoms with Crippen molar-refractivity contribution in [3.8, 4) is 0 Å². The van der Waals surface area contributed by atoms with Gasteiger partial charge >= 0.3 is 24.6 Å². The fraction of sp³-hybridized carbons (Fsp3) is 0.500. The fourth-order valence-electron chi connectivity index (χ4n) is 6.21. The Labute approximate surface area is 264 Å². The quantitative estimate of drug-likeness (QED) is 0.313. The van der Waals surface area contributed by atoms with E-state index in [4.69, 9.17) is 4.74 Å². The van der Waals surface area contributed by atoms with Crippen molar-refractivity contribution in [3.05, 3.63) is 82.5 Å². The molecule has 0 aromatic heterocycles. The highest BCUT2D eigenvalue weighted by Crippen LogP contribution is 2.40. The summed E-state index contributed by atoms with van der Waals surface area (Å²) >= 11 is 0. The highest BCUT2D eigenvalue weighted by molar-refractivity contribution is 5.81. The molecule has 5 rings (SSSR count). The van der Waals surface area contributed by atoms with Gasteiger partial charge < -0.3 is 10.1 Å². The first-order chi connectivity index (χ1) is 21.9. The SMILES string of the molecule is O=C(NCC1C=C(C(F)(F)F)C=C(C(F)(F)F)C1)C1C=CC(CN2CC3(CCN(Cc4ccc(C(F)(F)F)cc4)CC3)OC2=O)=CC1. The van der Waals surface area contributed by atoms with Gasteiger partial charge in [0.1, 0.15) is 5.60 Å². The van der Waals surface area contributed by atoms with E-state index in [9.17, 15) is 49.1 Å². The molecule has 2 amide bonds. The minimum absolute atomic E-state index is 0.0996. The maximum atomic E-state index is 13.2. The van der Waals surface area contributed by atoms with Crippen molar-refractivity contribution < 1.29 is 53.8 Å². The van der Waals surface area contributed by atoms with Gasteiger partial charge in [-0.1, -0.05) is 36.4 Å². The van der Waals surface area contributed by atoms with Crippen LogP contribution in [0, 0.1) is 11.8 Å². The Morgan fingerprint density at radius 3 is 2.19 bits per heavy atom. The van der Waals surface area contributed by atoms with Crippen molar-refractivity contribution >= 4 is 12.0 Å². The van der Waals surface area contributed by atoms with E-state index >= 15 is 0 Å². The van der Waals surface area contributed by atoms with Crippen LogP contribution in [0.15, 0.2) is 71.4 Å². The van der Waals surface area contributed by atoms with Crippen LogP contribution in [0.2, 0.25) is 0 Å². The second-order valence-electron chi connectivity index (χ2n) is 12.4. The Morgan fingerprint density at radius 1 is 0.936 bits per heavy atom. The van der Waals surface area contributed by atoms with E-state index in [1.54, 1.807) is 23.1 Å². The van der Waals surface area contributed by atoms with Crippen molar-refractivity contribution in [3.63, 3.8) is 0 Å². The van der Waals surface area contributed by atoms with Gasteiger partial charge in [-0.25, -0.2) is 4.79 Å². The summed E-state index contributed by atoms with van der Waals surface area (Å²) in [5.74, 6) is -2.40. The lowest BCUT2D eigenvalue weighted by Gasteiger charge is -2.37. The molecule has 2 aliphatic heterocycles. The van der Waals surface area contributed by atoms with Crippen LogP contribution < -0.4 is 5.32 Å². The largest absolute Gasteiger partial charge is 0.441 e. The molecular formula is C32H32F9N3O3. The van der Waals surface area contributed by atoms with Gasteiger partial charge in [0.05, 0.1) is 23.6 Å². The highest BCUT2D eigenvalue weighted by Gasteiger charge is 2.47. The molecule has 2 unspecified atom stereocenters. The van der Waals surface area contributed by atoms with E-state index < -0.39 is 77.6 Å². The average molecular weight is 678 g/mol. The second kappa shape index (κ2) is 13.0. The average Bonchev–Trinajstić information content (AvgIpc) is 3.30. The standard InChI is InChI=1S/C32H32F9N3O3/c33-30(34,35)24-7-3-20(4-8-24)17-43-11-9-29(10-12-43)19-44(28(46)47-29)18-21-1-5-23(6-2-21)27(45)42-16-22-13-25(31(36,37)38)15-26(14-22)32(39,40)41/h1-5,7-8,13,15,22-23H,6,9-12,14,16-19H2,(H,42,45). The lowest BCUT2D eigenvalue weighted by molar-refractivity contribution is -0.137.